The third-order valence-electron chi connectivity index (χ3n) is 4.67. The van der Waals surface area contributed by atoms with Gasteiger partial charge < -0.3 is 5.32 Å². The third kappa shape index (κ3) is 4.29. The number of anilines is 1. The van der Waals surface area contributed by atoms with Gasteiger partial charge in [0, 0.05) is 0 Å². The maximum absolute atomic E-state index is 13.9. The number of aromatic nitrogens is 6. The summed E-state index contributed by atoms with van der Waals surface area (Å²) in [6.45, 7) is 2.97. The fraction of sp³-hybridized carbons (Fsp3) is 0.150. The Kier molecular flexibility index (Phi) is 5.62. The van der Waals surface area contributed by atoms with Crippen molar-refractivity contribution in [1.29, 1.82) is 0 Å². The average Bonchev–Trinajstić information content (AvgIpc) is 3.40. The molecule has 4 rings (SSSR count). The SMILES string of the molecule is Cc1cc(F)ccc1-n1ncc(C(=O)Nc2cc(Cl)c(-n3nccn3)nc2C)c1C(F)(F)F. The van der Waals surface area contributed by atoms with Crippen molar-refractivity contribution in [3.63, 3.8) is 0 Å². The van der Waals surface area contributed by atoms with Gasteiger partial charge in [0.1, 0.15) is 5.82 Å². The first-order valence-electron chi connectivity index (χ1n) is 9.33. The van der Waals surface area contributed by atoms with Crippen LogP contribution < -0.4 is 5.32 Å². The summed E-state index contributed by atoms with van der Waals surface area (Å²) in [6.07, 6.45) is -1.29. The van der Waals surface area contributed by atoms with Crippen molar-refractivity contribution in [2.24, 2.45) is 0 Å². The number of amides is 1. The molecule has 13 heteroatoms. The zero-order chi connectivity index (χ0) is 23.9. The van der Waals surface area contributed by atoms with Gasteiger partial charge in [-0.3, -0.25) is 4.79 Å². The van der Waals surface area contributed by atoms with Crippen LogP contribution >= 0.6 is 11.6 Å². The van der Waals surface area contributed by atoms with Gasteiger partial charge in [0.2, 0.25) is 0 Å². The summed E-state index contributed by atoms with van der Waals surface area (Å²) in [7, 11) is 0. The largest absolute Gasteiger partial charge is 0.434 e. The number of benzene rings is 1. The summed E-state index contributed by atoms with van der Waals surface area (Å²) in [5, 5.41) is 14.0. The van der Waals surface area contributed by atoms with Crippen molar-refractivity contribution >= 4 is 23.2 Å². The number of nitrogens with zero attached hydrogens (tertiary/aromatic N) is 6. The molecule has 0 unspecified atom stereocenters. The zero-order valence-corrected chi connectivity index (χ0v) is 17.8. The first-order chi connectivity index (χ1) is 15.6. The van der Waals surface area contributed by atoms with Crippen LogP contribution in [0.1, 0.15) is 27.3 Å². The Morgan fingerprint density at radius 2 is 1.79 bits per heavy atom. The first-order valence-corrected chi connectivity index (χ1v) is 9.71. The van der Waals surface area contributed by atoms with E-state index in [1.807, 2.05) is 0 Å². The molecular weight excluding hydrogens is 466 g/mol. The molecule has 0 atom stereocenters. The predicted molar refractivity (Wildman–Crippen MR) is 110 cm³/mol. The Labute approximate surface area is 188 Å². The predicted octanol–water partition coefficient (Wildman–Crippen LogP) is 4.53. The number of alkyl halides is 3. The van der Waals surface area contributed by atoms with Crippen LogP contribution in [-0.2, 0) is 6.18 Å². The number of aryl methyl sites for hydroxylation is 2. The van der Waals surface area contributed by atoms with Gasteiger partial charge in [-0.05, 0) is 43.7 Å². The van der Waals surface area contributed by atoms with Crippen LogP contribution in [0.15, 0.2) is 42.9 Å². The van der Waals surface area contributed by atoms with Gasteiger partial charge in [-0.25, -0.2) is 14.1 Å². The summed E-state index contributed by atoms with van der Waals surface area (Å²) in [5.41, 5.74) is -1.46. The minimum atomic E-state index is -4.93. The van der Waals surface area contributed by atoms with Gasteiger partial charge in [0.15, 0.2) is 11.5 Å². The van der Waals surface area contributed by atoms with Crippen LogP contribution in [-0.4, -0.2) is 35.7 Å². The molecule has 0 aliphatic rings. The summed E-state index contributed by atoms with van der Waals surface area (Å²) in [4.78, 5) is 18.2. The van der Waals surface area contributed by atoms with Gasteiger partial charge in [-0.1, -0.05) is 11.6 Å². The lowest BCUT2D eigenvalue weighted by Crippen LogP contribution is -2.21. The lowest BCUT2D eigenvalue weighted by molar-refractivity contribution is -0.143. The van der Waals surface area contributed by atoms with E-state index in [1.54, 1.807) is 0 Å². The van der Waals surface area contributed by atoms with Crippen LogP contribution in [0.3, 0.4) is 0 Å². The highest BCUT2D eigenvalue weighted by molar-refractivity contribution is 6.32. The fourth-order valence-corrected chi connectivity index (χ4v) is 3.40. The molecule has 0 aliphatic carbocycles. The molecule has 3 aromatic heterocycles. The number of halogens is 5. The Bertz CT molecular complexity index is 1350. The Morgan fingerprint density at radius 1 is 1.09 bits per heavy atom. The van der Waals surface area contributed by atoms with Gasteiger partial charge in [-0.15, -0.1) is 4.80 Å². The van der Waals surface area contributed by atoms with Crippen molar-refractivity contribution in [2.45, 2.75) is 20.0 Å². The lowest BCUT2D eigenvalue weighted by Gasteiger charge is -2.15. The fourth-order valence-electron chi connectivity index (χ4n) is 3.18. The number of pyridine rings is 1. The van der Waals surface area contributed by atoms with Crippen molar-refractivity contribution in [3.8, 4) is 11.5 Å². The molecule has 0 saturated heterocycles. The maximum Gasteiger partial charge on any atom is 0.434 e. The molecule has 8 nitrogen and oxygen atoms in total. The number of carbonyl (C=O) groups is 1. The van der Waals surface area contributed by atoms with Gasteiger partial charge in [-0.2, -0.15) is 28.5 Å². The van der Waals surface area contributed by atoms with Crippen LogP contribution in [0.5, 0.6) is 0 Å². The monoisotopic (exact) mass is 479 g/mol. The summed E-state index contributed by atoms with van der Waals surface area (Å²) >= 11 is 6.20. The van der Waals surface area contributed by atoms with Crippen molar-refractivity contribution in [3.05, 3.63) is 76.2 Å². The van der Waals surface area contributed by atoms with E-state index in [4.69, 9.17) is 11.6 Å². The van der Waals surface area contributed by atoms with E-state index in [0.717, 1.165) is 29.2 Å². The molecule has 3 heterocycles. The van der Waals surface area contributed by atoms with E-state index in [9.17, 15) is 22.4 Å². The number of hydrogen-bond donors (Lipinski definition) is 1. The van der Waals surface area contributed by atoms with Gasteiger partial charge in [0.05, 0.1) is 46.2 Å². The van der Waals surface area contributed by atoms with Crippen molar-refractivity contribution in [2.75, 3.05) is 5.32 Å². The molecule has 0 bridgehead atoms. The molecular formula is C20H14ClF4N7O. The minimum absolute atomic E-state index is 0.0141. The second-order valence-electron chi connectivity index (χ2n) is 6.95. The summed E-state index contributed by atoms with van der Waals surface area (Å²) in [6, 6.07) is 4.58. The third-order valence-corrected chi connectivity index (χ3v) is 4.95. The first kappa shape index (κ1) is 22.4. The number of carbonyl (C=O) groups excluding carboxylic acids is 1. The zero-order valence-electron chi connectivity index (χ0n) is 17.0. The average molecular weight is 480 g/mol. The van der Waals surface area contributed by atoms with Crippen LogP contribution in [0.2, 0.25) is 5.02 Å². The van der Waals surface area contributed by atoms with Gasteiger partial charge >= 0.3 is 6.18 Å². The molecule has 1 amide bonds. The van der Waals surface area contributed by atoms with E-state index in [2.05, 4.69) is 25.6 Å². The highest BCUT2D eigenvalue weighted by Crippen LogP contribution is 2.35. The highest BCUT2D eigenvalue weighted by Gasteiger charge is 2.41. The van der Waals surface area contributed by atoms with E-state index in [1.165, 1.54) is 32.3 Å². The molecule has 170 valence electrons. The van der Waals surface area contributed by atoms with E-state index < -0.39 is 29.2 Å². The molecule has 0 spiro atoms. The molecule has 0 saturated carbocycles. The molecule has 4 aromatic rings. The van der Waals surface area contributed by atoms with E-state index in [-0.39, 0.29) is 33.5 Å². The second kappa shape index (κ2) is 8.28. The van der Waals surface area contributed by atoms with Crippen molar-refractivity contribution < 1.29 is 22.4 Å². The lowest BCUT2D eigenvalue weighted by atomic mass is 10.1. The second-order valence-corrected chi connectivity index (χ2v) is 7.35. The Morgan fingerprint density at radius 3 is 2.42 bits per heavy atom. The van der Waals surface area contributed by atoms with Crippen LogP contribution in [0, 0.1) is 19.7 Å². The molecule has 0 fully saturated rings. The minimum Gasteiger partial charge on any atom is -0.320 e. The summed E-state index contributed by atoms with van der Waals surface area (Å²) < 4.78 is 55.8. The van der Waals surface area contributed by atoms with E-state index >= 15 is 0 Å². The smallest absolute Gasteiger partial charge is 0.320 e. The Balaban J connectivity index is 1.72. The quantitative estimate of drug-likeness (QED) is 0.434. The van der Waals surface area contributed by atoms with Crippen LogP contribution in [0.25, 0.3) is 11.5 Å². The molecule has 0 aliphatic heterocycles. The molecule has 1 aromatic carbocycles. The standard InChI is InChI=1S/C20H14ClF4N7O/c1-10-7-12(22)3-4-16(10)31-17(20(23,24)25)13(9-28-31)19(33)30-15-8-14(21)18(29-11(15)2)32-26-5-6-27-32/h3-9H,1-2H3,(H,30,33). The van der Waals surface area contributed by atoms with Gasteiger partial charge in [0.25, 0.3) is 5.91 Å². The number of rotatable bonds is 4. The number of hydrogen-bond acceptors (Lipinski definition) is 5. The van der Waals surface area contributed by atoms with Crippen LogP contribution in [0.4, 0.5) is 23.2 Å². The topological polar surface area (TPSA) is 90.5 Å². The molecule has 1 N–H and O–H groups in total. The molecule has 0 radical (unpaired) electrons. The number of nitrogens with one attached hydrogen (secondary N) is 1. The normalized spacial score (nSPS) is 11.6. The molecule has 33 heavy (non-hydrogen) atoms. The Hall–Kier alpha value is -3.80. The highest BCUT2D eigenvalue weighted by atomic mass is 35.5. The van der Waals surface area contributed by atoms with Crippen molar-refractivity contribution in [1.82, 2.24) is 29.8 Å². The maximum atomic E-state index is 13.9. The summed E-state index contributed by atoms with van der Waals surface area (Å²) in [5.74, 6) is -1.49. The van der Waals surface area contributed by atoms with E-state index in [0.29, 0.717) is 4.68 Å².